The highest BCUT2D eigenvalue weighted by molar-refractivity contribution is 5.90. The van der Waals surface area contributed by atoms with E-state index in [1.165, 1.54) is 12.8 Å². The number of rotatable bonds is 6. The molecular weight excluding hydrogens is 238 g/mol. The van der Waals surface area contributed by atoms with Crippen LogP contribution in [0.4, 0.5) is 11.5 Å². The third-order valence-electron chi connectivity index (χ3n) is 3.47. The summed E-state index contributed by atoms with van der Waals surface area (Å²) in [5, 5.41) is 2.90. The molecule has 1 saturated heterocycles. The zero-order chi connectivity index (χ0) is 13.5. The van der Waals surface area contributed by atoms with E-state index in [0.29, 0.717) is 6.42 Å². The van der Waals surface area contributed by atoms with Crippen molar-refractivity contribution in [3.05, 3.63) is 18.3 Å². The maximum absolute atomic E-state index is 11.7. The van der Waals surface area contributed by atoms with Crippen molar-refractivity contribution in [1.82, 2.24) is 4.98 Å². The van der Waals surface area contributed by atoms with Crippen LogP contribution in [0.5, 0.6) is 0 Å². The van der Waals surface area contributed by atoms with E-state index in [4.69, 9.17) is 0 Å². The summed E-state index contributed by atoms with van der Waals surface area (Å²) in [4.78, 5) is 18.4. The fourth-order valence-electron chi connectivity index (χ4n) is 2.35. The minimum Gasteiger partial charge on any atom is -0.357 e. The molecule has 104 valence electrons. The molecule has 0 radical (unpaired) electrons. The molecule has 19 heavy (non-hydrogen) atoms. The van der Waals surface area contributed by atoms with Crippen LogP contribution in [0.15, 0.2) is 18.3 Å². The Morgan fingerprint density at radius 2 is 2.11 bits per heavy atom. The minimum absolute atomic E-state index is 0.0872. The van der Waals surface area contributed by atoms with Gasteiger partial charge in [0, 0.05) is 19.5 Å². The molecule has 0 spiro atoms. The lowest BCUT2D eigenvalue weighted by atomic mass is 10.2. The molecule has 2 heterocycles. The van der Waals surface area contributed by atoms with Crippen molar-refractivity contribution < 1.29 is 4.79 Å². The zero-order valence-corrected chi connectivity index (χ0v) is 11.7. The van der Waals surface area contributed by atoms with E-state index in [1.807, 2.05) is 12.1 Å². The number of anilines is 2. The van der Waals surface area contributed by atoms with Crippen LogP contribution in [0.2, 0.25) is 0 Å². The molecule has 1 aliphatic rings. The maximum Gasteiger partial charge on any atom is 0.224 e. The van der Waals surface area contributed by atoms with Gasteiger partial charge in [0.1, 0.15) is 5.82 Å². The average Bonchev–Trinajstić information content (AvgIpc) is 2.94. The minimum atomic E-state index is 0.0872. The molecule has 1 aromatic heterocycles. The Morgan fingerprint density at radius 3 is 2.74 bits per heavy atom. The molecule has 0 bridgehead atoms. The van der Waals surface area contributed by atoms with Gasteiger partial charge in [-0.1, -0.05) is 19.8 Å². The molecule has 2 rings (SSSR count). The lowest BCUT2D eigenvalue weighted by Crippen LogP contribution is -2.19. The van der Waals surface area contributed by atoms with Crippen LogP contribution in [-0.2, 0) is 4.79 Å². The summed E-state index contributed by atoms with van der Waals surface area (Å²) in [6.07, 6.45) is 8.06. The Morgan fingerprint density at radius 1 is 1.32 bits per heavy atom. The number of carbonyl (C=O) groups is 1. The van der Waals surface area contributed by atoms with Gasteiger partial charge >= 0.3 is 0 Å². The number of hydrogen-bond acceptors (Lipinski definition) is 3. The topological polar surface area (TPSA) is 45.2 Å². The number of pyridine rings is 1. The van der Waals surface area contributed by atoms with Crippen LogP contribution in [0.3, 0.4) is 0 Å². The van der Waals surface area contributed by atoms with Gasteiger partial charge in [-0.2, -0.15) is 0 Å². The largest absolute Gasteiger partial charge is 0.357 e. The molecular formula is C15H23N3O. The van der Waals surface area contributed by atoms with Crippen LogP contribution in [0.25, 0.3) is 0 Å². The molecule has 0 aliphatic carbocycles. The average molecular weight is 261 g/mol. The number of nitrogens with zero attached hydrogens (tertiary/aromatic N) is 2. The molecule has 4 nitrogen and oxygen atoms in total. The Labute approximate surface area is 115 Å². The van der Waals surface area contributed by atoms with Crippen molar-refractivity contribution in [2.75, 3.05) is 23.3 Å². The van der Waals surface area contributed by atoms with Gasteiger partial charge < -0.3 is 10.2 Å². The fourth-order valence-corrected chi connectivity index (χ4v) is 2.35. The van der Waals surface area contributed by atoms with Crippen molar-refractivity contribution in [1.29, 1.82) is 0 Å². The third kappa shape index (κ3) is 4.23. The molecule has 0 saturated carbocycles. The SMILES string of the molecule is CCCCCC(=O)Nc1ccc(N2CCCC2)nc1. The summed E-state index contributed by atoms with van der Waals surface area (Å²) < 4.78 is 0. The second-order valence-electron chi connectivity index (χ2n) is 5.10. The van der Waals surface area contributed by atoms with Crippen molar-refractivity contribution in [3.63, 3.8) is 0 Å². The number of aromatic nitrogens is 1. The fraction of sp³-hybridized carbons (Fsp3) is 0.600. The lowest BCUT2D eigenvalue weighted by molar-refractivity contribution is -0.116. The standard InChI is InChI=1S/C15H23N3O/c1-2-3-4-7-15(19)17-13-8-9-14(16-12-13)18-10-5-6-11-18/h8-9,12H,2-7,10-11H2,1H3,(H,17,19). The number of nitrogens with one attached hydrogen (secondary N) is 1. The smallest absolute Gasteiger partial charge is 0.224 e. The molecule has 1 fully saturated rings. The molecule has 1 N–H and O–H groups in total. The molecule has 1 aromatic rings. The summed E-state index contributed by atoms with van der Waals surface area (Å²) in [5.41, 5.74) is 0.796. The molecule has 1 amide bonds. The molecule has 0 atom stereocenters. The van der Waals surface area contributed by atoms with E-state index in [0.717, 1.165) is 43.9 Å². The van der Waals surface area contributed by atoms with Gasteiger partial charge in [0.15, 0.2) is 0 Å². The Balaban J connectivity index is 1.82. The van der Waals surface area contributed by atoms with E-state index in [-0.39, 0.29) is 5.91 Å². The van der Waals surface area contributed by atoms with Gasteiger partial charge in [-0.25, -0.2) is 4.98 Å². The third-order valence-corrected chi connectivity index (χ3v) is 3.47. The number of hydrogen-bond donors (Lipinski definition) is 1. The van der Waals surface area contributed by atoms with E-state index in [9.17, 15) is 4.79 Å². The van der Waals surface area contributed by atoms with Gasteiger partial charge in [-0.3, -0.25) is 4.79 Å². The van der Waals surface area contributed by atoms with Crippen molar-refractivity contribution in [2.45, 2.75) is 45.4 Å². The number of amides is 1. The Bertz CT molecular complexity index is 396. The van der Waals surface area contributed by atoms with Crippen LogP contribution in [0.1, 0.15) is 45.4 Å². The van der Waals surface area contributed by atoms with E-state index < -0.39 is 0 Å². The first-order valence-electron chi connectivity index (χ1n) is 7.30. The normalized spacial score (nSPS) is 14.7. The van der Waals surface area contributed by atoms with E-state index in [2.05, 4.69) is 22.1 Å². The first-order valence-corrected chi connectivity index (χ1v) is 7.30. The predicted octanol–water partition coefficient (Wildman–Crippen LogP) is 3.20. The molecule has 4 heteroatoms. The monoisotopic (exact) mass is 261 g/mol. The number of carbonyl (C=O) groups excluding carboxylic acids is 1. The summed E-state index contributed by atoms with van der Waals surface area (Å²) in [6, 6.07) is 3.94. The van der Waals surface area contributed by atoms with Crippen LogP contribution in [0, 0.1) is 0 Å². The first-order chi connectivity index (χ1) is 9.29. The summed E-state index contributed by atoms with van der Waals surface area (Å²) in [7, 11) is 0. The van der Waals surface area contributed by atoms with Gasteiger partial charge in [0.2, 0.25) is 5.91 Å². The van der Waals surface area contributed by atoms with Crippen molar-refractivity contribution in [2.24, 2.45) is 0 Å². The van der Waals surface area contributed by atoms with Crippen molar-refractivity contribution >= 4 is 17.4 Å². The molecule has 1 aliphatic heterocycles. The summed E-state index contributed by atoms with van der Waals surface area (Å²) in [6.45, 7) is 4.32. The highest BCUT2D eigenvalue weighted by Gasteiger charge is 2.13. The van der Waals surface area contributed by atoms with Crippen molar-refractivity contribution in [3.8, 4) is 0 Å². The van der Waals surface area contributed by atoms with Gasteiger partial charge in [0.25, 0.3) is 0 Å². The molecule has 0 unspecified atom stereocenters. The van der Waals surface area contributed by atoms with Gasteiger partial charge in [0.05, 0.1) is 11.9 Å². The first kappa shape index (κ1) is 13.8. The van der Waals surface area contributed by atoms with Crippen LogP contribution < -0.4 is 10.2 Å². The lowest BCUT2D eigenvalue weighted by Gasteiger charge is -2.16. The Hall–Kier alpha value is -1.58. The second kappa shape index (κ2) is 7.12. The van der Waals surface area contributed by atoms with E-state index >= 15 is 0 Å². The van der Waals surface area contributed by atoms with E-state index in [1.54, 1.807) is 6.20 Å². The quantitative estimate of drug-likeness (QED) is 0.800. The Kier molecular flexibility index (Phi) is 5.19. The highest BCUT2D eigenvalue weighted by Crippen LogP contribution is 2.19. The van der Waals surface area contributed by atoms with Crippen LogP contribution >= 0.6 is 0 Å². The van der Waals surface area contributed by atoms with Gasteiger partial charge in [-0.05, 0) is 31.4 Å². The number of unbranched alkanes of at least 4 members (excludes halogenated alkanes) is 2. The maximum atomic E-state index is 11.7. The van der Waals surface area contributed by atoms with Gasteiger partial charge in [-0.15, -0.1) is 0 Å². The second-order valence-corrected chi connectivity index (χ2v) is 5.10. The highest BCUT2D eigenvalue weighted by atomic mass is 16.1. The zero-order valence-electron chi connectivity index (χ0n) is 11.7. The van der Waals surface area contributed by atoms with Crippen LogP contribution in [-0.4, -0.2) is 24.0 Å². The summed E-state index contributed by atoms with van der Waals surface area (Å²) >= 11 is 0. The molecule has 0 aromatic carbocycles. The summed E-state index contributed by atoms with van der Waals surface area (Å²) in [5.74, 6) is 1.10. The predicted molar refractivity (Wildman–Crippen MR) is 78.5 cm³/mol.